The first-order chi connectivity index (χ1) is 14.7. The van der Waals surface area contributed by atoms with Gasteiger partial charge in [0, 0.05) is 30.9 Å². The number of aromatic amines is 1. The molecule has 0 aliphatic carbocycles. The van der Waals surface area contributed by atoms with Crippen LogP contribution in [0.3, 0.4) is 0 Å². The van der Waals surface area contributed by atoms with Gasteiger partial charge in [0.25, 0.3) is 0 Å². The maximum atomic E-state index is 12.2. The molecule has 30 heavy (non-hydrogen) atoms. The predicted molar refractivity (Wildman–Crippen MR) is 112 cm³/mol. The summed E-state index contributed by atoms with van der Waals surface area (Å²) in [5.41, 5.74) is 3.63. The molecular weight excluding hydrogens is 380 g/mol. The van der Waals surface area contributed by atoms with E-state index >= 15 is 0 Å². The van der Waals surface area contributed by atoms with E-state index in [1.54, 1.807) is 21.8 Å². The Morgan fingerprint density at radius 2 is 1.97 bits per heavy atom. The molecule has 5 rings (SSSR count). The second-order valence-electron chi connectivity index (χ2n) is 6.86. The number of aryl methyl sites for hydroxylation is 1. The monoisotopic (exact) mass is 398 g/mol. The molecule has 5 aromatic rings. The van der Waals surface area contributed by atoms with Crippen molar-refractivity contribution in [1.82, 2.24) is 29.5 Å². The molecule has 0 radical (unpaired) electrons. The number of nitrogens with zero attached hydrogens (tertiary/aromatic N) is 5. The van der Waals surface area contributed by atoms with Crippen LogP contribution in [0.15, 0.2) is 78.0 Å². The summed E-state index contributed by atoms with van der Waals surface area (Å²) >= 11 is 0. The highest BCUT2D eigenvalue weighted by Gasteiger charge is 2.09. The van der Waals surface area contributed by atoms with Crippen molar-refractivity contribution >= 4 is 11.0 Å². The SMILES string of the molecule is Cn1cc(-n2ccc(=O)c(COc3ccc4nc(-c5ccccc5)[nH]c4c3)n2)cn1. The van der Waals surface area contributed by atoms with Crippen LogP contribution in [0.1, 0.15) is 5.69 Å². The Morgan fingerprint density at radius 1 is 1.10 bits per heavy atom. The number of nitrogens with one attached hydrogen (secondary N) is 1. The van der Waals surface area contributed by atoms with E-state index in [0.29, 0.717) is 11.4 Å². The standard InChI is InChI=1S/C22H18N6O2/c1-27-13-16(12-23-27)28-10-9-21(29)20(26-28)14-30-17-7-8-18-19(11-17)25-22(24-18)15-5-3-2-4-6-15/h2-13H,14H2,1H3,(H,24,25). The lowest BCUT2D eigenvalue weighted by Gasteiger charge is -2.07. The molecule has 8 heteroatoms. The normalized spacial score (nSPS) is 11.1. The fraction of sp³-hybridized carbons (Fsp3) is 0.0909. The molecule has 0 bridgehead atoms. The average molecular weight is 398 g/mol. The maximum absolute atomic E-state index is 12.2. The molecule has 0 aliphatic rings. The summed E-state index contributed by atoms with van der Waals surface area (Å²) in [4.78, 5) is 20.1. The molecule has 3 heterocycles. The van der Waals surface area contributed by atoms with E-state index < -0.39 is 0 Å². The first-order valence-electron chi connectivity index (χ1n) is 9.41. The Balaban J connectivity index is 1.38. The Morgan fingerprint density at radius 3 is 2.77 bits per heavy atom. The Hall–Kier alpha value is -4.20. The summed E-state index contributed by atoms with van der Waals surface area (Å²) < 4.78 is 9.13. The van der Waals surface area contributed by atoms with Crippen molar-refractivity contribution in [2.75, 3.05) is 0 Å². The van der Waals surface area contributed by atoms with Crippen LogP contribution < -0.4 is 10.2 Å². The lowest BCUT2D eigenvalue weighted by molar-refractivity contribution is 0.298. The first kappa shape index (κ1) is 17.9. The summed E-state index contributed by atoms with van der Waals surface area (Å²) in [7, 11) is 1.82. The number of hydrogen-bond acceptors (Lipinski definition) is 5. The topological polar surface area (TPSA) is 90.6 Å². The molecule has 0 saturated carbocycles. The number of aromatic nitrogens is 6. The molecule has 1 N–H and O–H groups in total. The number of hydrogen-bond donors (Lipinski definition) is 1. The van der Waals surface area contributed by atoms with Crippen LogP contribution in [0.25, 0.3) is 28.1 Å². The van der Waals surface area contributed by atoms with Gasteiger partial charge in [-0.1, -0.05) is 30.3 Å². The van der Waals surface area contributed by atoms with Gasteiger partial charge >= 0.3 is 0 Å². The minimum Gasteiger partial charge on any atom is -0.487 e. The molecule has 2 aromatic carbocycles. The van der Waals surface area contributed by atoms with E-state index in [4.69, 9.17) is 4.74 Å². The molecule has 3 aromatic heterocycles. The zero-order chi connectivity index (χ0) is 20.5. The van der Waals surface area contributed by atoms with Crippen LogP contribution in [0.4, 0.5) is 0 Å². The third-order valence-electron chi connectivity index (χ3n) is 4.71. The van der Waals surface area contributed by atoms with Crippen molar-refractivity contribution in [3.63, 3.8) is 0 Å². The Kier molecular flexibility index (Phi) is 4.36. The van der Waals surface area contributed by atoms with Crippen LogP contribution in [0.2, 0.25) is 0 Å². The van der Waals surface area contributed by atoms with Gasteiger partial charge in [0.05, 0.1) is 23.4 Å². The number of ether oxygens (including phenoxy) is 1. The third kappa shape index (κ3) is 3.46. The van der Waals surface area contributed by atoms with Crippen LogP contribution in [0, 0.1) is 0 Å². The van der Waals surface area contributed by atoms with Gasteiger partial charge in [-0.3, -0.25) is 9.48 Å². The van der Waals surface area contributed by atoms with Gasteiger partial charge in [-0.2, -0.15) is 10.2 Å². The van der Waals surface area contributed by atoms with Crippen molar-refractivity contribution in [2.24, 2.45) is 7.05 Å². The summed E-state index contributed by atoms with van der Waals surface area (Å²) in [5.74, 6) is 1.43. The molecule has 0 spiro atoms. The van der Waals surface area contributed by atoms with Crippen LogP contribution >= 0.6 is 0 Å². The van der Waals surface area contributed by atoms with E-state index in [-0.39, 0.29) is 12.0 Å². The van der Waals surface area contributed by atoms with Crippen molar-refractivity contribution in [2.45, 2.75) is 6.61 Å². The fourth-order valence-corrected chi connectivity index (χ4v) is 3.18. The van der Waals surface area contributed by atoms with Gasteiger partial charge in [0.15, 0.2) is 0 Å². The van der Waals surface area contributed by atoms with E-state index in [1.165, 1.54) is 6.07 Å². The summed E-state index contributed by atoms with van der Waals surface area (Å²) in [6, 6.07) is 17.0. The van der Waals surface area contributed by atoms with E-state index in [2.05, 4.69) is 20.2 Å². The van der Waals surface area contributed by atoms with Crippen LogP contribution in [0.5, 0.6) is 5.75 Å². The Labute approximate surface area is 171 Å². The largest absolute Gasteiger partial charge is 0.487 e. The summed E-state index contributed by atoms with van der Waals surface area (Å²) in [6.45, 7) is 0.0606. The zero-order valence-corrected chi connectivity index (χ0v) is 16.2. The van der Waals surface area contributed by atoms with Gasteiger partial charge in [0.1, 0.15) is 29.6 Å². The van der Waals surface area contributed by atoms with Gasteiger partial charge in [-0.15, -0.1) is 0 Å². The lowest BCUT2D eigenvalue weighted by Crippen LogP contribution is -2.17. The van der Waals surface area contributed by atoms with Gasteiger partial charge < -0.3 is 9.72 Å². The molecule has 0 amide bonds. The second-order valence-corrected chi connectivity index (χ2v) is 6.86. The van der Waals surface area contributed by atoms with E-state index in [0.717, 1.165) is 28.1 Å². The average Bonchev–Trinajstić information content (AvgIpc) is 3.39. The highest BCUT2D eigenvalue weighted by atomic mass is 16.5. The van der Waals surface area contributed by atoms with Gasteiger partial charge in [-0.05, 0) is 12.1 Å². The highest BCUT2D eigenvalue weighted by Crippen LogP contribution is 2.24. The fourth-order valence-electron chi connectivity index (χ4n) is 3.18. The quantitative estimate of drug-likeness (QED) is 0.491. The number of fused-ring (bicyclic) bond motifs is 1. The van der Waals surface area contributed by atoms with E-state index in [1.807, 2.05) is 61.8 Å². The molecule has 0 atom stereocenters. The zero-order valence-electron chi connectivity index (χ0n) is 16.2. The third-order valence-corrected chi connectivity index (χ3v) is 4.71. The predicted octanol–water partition coefficient (Wildman–Crippen LogP) is 3.09. The number of H-pyrrole nitrogens is 1. The molecular formula is C22H18N6O2. The molecule has 0 saturated heterocycles. The number of benzene rings is 2. The second kappa shape index (κ2) is 7.32. The number of rotatable bonds is 5. The van der Waals surface area contributed by atoms with Gasteiger partial charge in [0.2, 0.25) is 5.43 Å². The molecule has 148 valence electrons. The lowest BCUT2D eigenvalue weighted by atomic mass is 10.2. The summed E-state index contributed by atoms with van der Waals surface area (Å²) in [5, 5.41) is 8.51. The van der Waals surface area contributed by atoms with Crippen molar-refractivity contribution in [3.05, 3.63) is 89.1 Å². The highest BCUT2D eigenvalue weighted by molar-refractivity contribution is 5.80. The van der Waals surface area contributed by atoms with Gasteiger partial charge in [-0.25, -0.2) is 9.67 Å². The van der Waals surface area contributed by atoms with Crippen molar-refractivity contribution in [3.8, 4) is 22.8 Å². The molecule has 8 nitrogen and oxygen atoms in total. The smallest absolute Gasteiger partial charge is 0.206 e. The molecule has 0 aliphatic heterocycles. The minimum absolute atomic E-state index is 0.0606. The van der Waals surface area contributed by atoms with E-state index in [9.17, 15) is 4.79 Å². The van der Waals surface area contributed by atoms with Crippen LogP contribution in [-0.4, -0.2) is 29.5 Å². The first-order valence-corrected chi connectivity index (χ1v) is 9.41. The summed E-state index contributed by atoms with van der Waals surface area (Å²) in [6.07, 6.45) is 5.11. The van der Waals surface area contributed by atoms with Crippen molar-refractivity contribution in [1.29, 1.82) is 0 Å². The van der Waals surface area contributed by atoms with Crippen molar-refractivity contribution < 1.29 is 4.74 Å². The number of imidazole rings is 1. The maximum Gasteiger partial charge on any atom is 0.206 e. The Bertz CT molecular complexity index is 1380. The minimum atomic E-state index is -0.177. The molecule has 0 fully saturated rings. The molecule has 0 unspecified atom stereocenters. The van der Waals surface area contributed by atoms with Crippen LogP contribution in [-0.2, 0) is 13.7 Å².